The molecule has 5 nitrogen and oxygen atoms in total. The number of aromatic nitrogens is 2. The molecular formula is C12H18N2O3. The van der Waals surface area contributed by atoms with Gasteiger partial charge in [-0.2, -0.15) is 5.10 Å². The van der Waals surface area contributed by atoms with E-state index >= 15 is 0 Å². The highest BCUT2D eigenvalue weighted by molar-refractivity contribution is 5.88. The highest BCUT2D eigenvalue weighted by Crippen LogP contribution is 2.26. The molecule has 1 aliphatic rings. The van der Waals surface area contributed by atoms with Crippen LogP contribution < -0.4 is 4.74 Å². The second-order valence-electron chi connectivity index (χ2n) is 4.41. The van der Waals surface area contributed by atoms with E-state index in [2.05, 4.69) is 5.10 Å². The van der Waals surface area contributed by atoms with Crippen molar-refractivity contribution in [1.29, 1.82) is 0 Å². The van der Waals surface area contributed by atoms with E-state index < -0.39 is 5.97 Å². The third kappa shape index (κ3) is 2.60. The average Bonchev–Trinajstić information content (AvgIpc) is 2.89. The van der Waals surface area contributed by atoms with Gasteiger partial charge >= 0.3 is 5.97 Å². The number of aromatic carboxylic acids is 1. The van der Waals surface area contributed by atoms with E-state index in [0.717, 1.165) is 32.1 Å². The molecule has 0 atom stereocenters. The Balaban J connectivity index is 2.17. The van der Waals surface area contributed by atoms with Gasteiger partial charge in [-0.1, -0.05) is 6.92 Å². The van der Waals surface area contributed by atoms with Crippen molar-refractivity contribution >= 4 is 5.97 Å². The number of carboxylic acids is 1. The maximum atomic E-state index is 11.2. The lowest BCUT2D eigenvalue weighted by molar-refractivity contribution is 0.0675. The number of hydrogen-bond acceptors (Lipinski definition) is 3. The fraction of sp³-hybridized carbons (Fsp3) is 0.667. The van der Waals surface area contributed by atoms with Crippen LogP contribution in [0.25, 0.3) is 0 Å². The Labute approximate surface area is 100 Å². The first-order valence-electron chi connectivity index (χ1n) is 6.18. The van der Waals surface area contributed by atoms with Gasteiger partial charge in [-0.3, -0.25) is 4.68 Å². The third-order valence-electron chi connectivity index (χ3n) is 3.04. The molecule has 0 bridgehead atoms. The minimum Gasteiger partial charge on any atom is -0.486 e. The van der Waals surface area contributed by atoms with Crippen molar-refractivity contribution in [3.63, 3.8) is 0 Å². The van der Waals surface area contributed by atoms with Gasteiger partial charge in [0.05, 0.1) is 12.3 Å². The maximum Gasteiger partial charge on any atom is 0.358 e. The zero-order valence-electron chi connectivity index (χ0n) is 10.1. The molecule has 0 aliphatic heterocycles. The standard InChI is InChI=1S/C12H18N2O3/c1-2-7-14-11(12(15)16)10(8-13-14)17-9-5-3-4-6-9/h8-9H,2-7H2,1H3,(H,15,16). The van der Waals surface area contributed by atoms with Crippen molar-refractivity contribution in [1.82, 2.24) is 9.78 Å². The molecule has 0 saturated heterocycles. The summed E-state index contributed by atoms with van der Waals surface area (Å²) in [5.74, 6) is -0.554. The molecule has 1 N–H and O–H groups in total. The number of carbonyl (C=O) groups is 1. The van der Waals surface area contributed by atoms with Crippen LogP contribution in [-0.2, 0) is 6.54 Å². The Kier molecular flexibility index (Phi) is 3.66. The first-order chi connectivity index (χ1) is 8.22. The molecule has 0 aromatic carbocycles. The molecule has 17 heavy (non-hydrogen) atoms. The Hall–Kier alpha value is -1.52. The Bertz CT molecular complexity index is 394. The van der Waals surface area contributed by atoms with Gasteiger partial charge in [-0.25, -0.2) is 4.79 Å². The van der Waals surface area contributed by atoms with E-state index in [1.54, 1.807) is 0 Å². The molecule has 1 saturated carbocycles. The van der Waals surface area contributed by atoms with Gasteiger partial charge in [-0.15, -0.1) is 0 Å². The van der Waals surface area contributed by atoms with Crippen LogP contribution in [0.2, 0.25) is 0 Å². The molecule has 0 spiro atoms. The summed E-state index contributed by atoms with van der Waals surface area (Å²) in [7, 11) is 0. The quantitative estimate of drug-likeness (QED) is 0.855. The van der Waals surface area contributed by atoms with E-state index in [0.29, 0.717) is 12.3 Å². The second-order valence-corrected chi connectivity index (χ2v) is 4.41. The summed E-state index contributed by atoms with van der Waals surface area (Å²) in [6, 6.07) is 0. The van der Waals surface area contributed by atoms with E-state index in [-0.39, 0.29) is 11.8 Å². The molecule has 5 heteroatoms. The summed E-state index contributed by atoms with van der Waals surface area (Å²) in [6.07, 6.45) is 6.89. The molecule has 1 aromatic heterocycles. The second kappa shape index (κ2) is 5.21. The van der Waals surface area contributed by atoms with Gasteiger partial charge in [0, 0.05) is 6.54 Å². The Morgan fingerprint density at radius 2 is 2.29 bits per heavy atom. The lowest BCUT2D eigenvalue weighted by Crippen LogP contribution is -2.15. The zero-order chi connectivity index (χ0) is 12.3. The summed E-state index contributed by atoms with van der Waals surface area (Å²) in [5.41, 5.74) is 0.179. The van der Waals surface area contributed by atoms with Crippen molar-refractivity contribution in [2.75, 3.05) is 0 Å². The molecule has 1 heterocycles. The zero-order valence-corrected chi connectivity index (χ0v) is 10.1. The van der Waals surface area contributed by atoms with E-state index in [1.807, 2.05) is 6.92 Å². The summed E-state index contributed by atoms with van der Waals surface area (Å²) in [4.78, 5) is 11.2. The monoisotopic (exact) mass is 238 g/mol. The van der Waals surface area contributed by atoms with Crippen LogP contribution in [0.15, 0.2) is 6.20 Å². The number of carboxylic acid groups (broad SMARTS) is 1. The predicted octanol–water partition coefficient (Wildman–Crippen LogP) is 2.31. The maximum absolute atomic E-state index is 11.2. The van der Waals surface area contributed by atoms with E-state index in [1.165, 1.54) is 10.9 Å². The summed E-state index contributed by atoms with van der Waals surface area (Å²) < 4.78 is 7.24. The normalized spacial score (nSPS) is 16.3. The van der Waals surface area contributed by atoms with Crippen LogP contribution in [0.1, 0.15) is 49.5 Å². The fourth-order valence-corrected chi connectivity index (χ4v) is 2.24. The van der Waals surface area contributed by atoms with Crippen LogP contribution in [-0.4, -0.2) is 27.0 Å². The number of rotatable bonds is 5. The molecule has 1 aromatic rings. The predicted molar refractivity (Wildman–Crippen MR) is 62.4 cm³/mol. The highest BCUT2D eigenvalue weighted by atomic mass is 16.5. The summed E-state index contributed by atoms with van der Waals surface area (Å²) >= 11 is 0. The van der Waals surface area contributed by atoms with E-state index in [9.17, 15) is 9.90 Å². The molecule has 0 unspecified atom stereocenters. The summed E-state index contributed by atoms with van der Waals surface area (Å²) in [6.45, 7) is 2.60. The van der Waals surface area contributed by atoms with Crippen molar-refractivity contribution in [3.8, 4) is 5.75 Å². The first kappa shape index (κ1) is 12.0. The van der Waals surface area contributed by atoms with Crippen molar-refractivity contribution in [2.45, 2.75) is 51.7 Å². The number of hydrogen-bond donors (Lipinski definition) is 1. The first-order valence-corrected chi connectivity index (χ1v) is 6.18. The smallest absolute Gasteiger partial charge is 0.358 e. The van der Waals surface area contributed by atoms with Gasteiger partial charge in [-0.05, 0) is 32.1 Å². The number of aryl methyl sites for hydroxylation is 1. The van der Waals surface area contributed by atoms with Gasteiger partial charge in [0.1, 0.15) is 0 Å². The van der Waals surface area contributed by atoms with Crippen LogP contribution in [0.3, 0.4) is 0 Å². The molecular weight excluding hydrogens is 220 g/mol. The van der Waals surface area contributed by atoms with Crippen LogP contribution in [0.4, 0.5) is 0 Å². The van der Waals surface area contributed by atoms with Crippen LogP contribution in [0.5, 0.6) is 5.75 Å². The molecule has 0 amide bonds. The van der Waals surface area contributed by atoms with Crippen LogP contribution >= 0.6 is 0 Å². The topological polar surface area (TPSA) is 64.4 Å². The lowest BCUT2D eigenvalue weighted by atomic mass is 10.3. The van der Waals surface area contributed by atoms with Gasteiger partial charge in [0.25, 0.3) is 0 Å². The highest BCUT2D eigenvalue weighted by Gasteiger charge is 2.23. The van der Waals surface area contributed by atoms with Gasteiger partial charge < -0.3 is 9.84 Å². The average molecular weight is 238 g/mol. The van der Waals surface area contributed by atoms with Crippen molar-refractivity contribution in [2.24, 2.45) is 0 Å². The molecule has 1 fully saturated rings. The molecule has 2 rings (SSSR count). The lowest BCUT2D eigenvalue weighted by Gasteiger charge is -2.12. The van der Waals surface area contributed by atoms with E-state index in [4.69, 9.17) is 4.74 Å². The molecule has 1 aliphatic carbocycles. The fourth-order valence-electron chi connectivity index (χ4n) is 2.24. The largest absolute Gasteiger partial charge is 0.486 e. The van der Waals surface area contributed by atoms with Gasteiger partial charge in [0.15, 0.2) is 11.4 Å². The number of ether oxygens (including phenoxy) is 1. The Morgan fingerprint density at radius 1 is 1.59 bits per heavy atom. The van der Waals surface area contributed by atoms with Crippen LogP contribution in [0, 0.1) is 0 Å². The van der Waals surface area contributed by atoms with Gasteiger partial charge in [0.2, 0.25) is 0 Å². The third-order valence-corrected chi connectivity index (χ3v) is 3.04. The Morgan fingerprint density at radius 3 is 2.88 bits per heavy atom. The minimum atomic E-state index is -0.969. The van der Waals surface area contributed by atoms with Crippen molar-refractivity contribution in [3.05, 3.63) is 11.9 Å². The molecule has 94 valence electrons. The number of nitrogens with zero attached hydrogens (tertiary/aromatic N) is 2. The SMILES string of the molecule is CCCn1ncc(OC2CCCC2)c1C(=O)O. The van der Waals surface area contributed by atoms with Crippen molar-refractivity contribution < 1.29 is 14.6 Å². The minimum absolute atomic E-state index is 0.160. The molecule has 0 radical (unpaired) electrons. The summed E-state index contributed by atoms with van der Waals surface area (Å²) in [5, 5.41) is 13.3.